The van der Waals surface area contributed by atoms with Crippen LogP contribution in [0.25, 0.3) is 0 Å². The third kappa shape index (κ3) is 11.5. The number of unbranched alkanes of at least 4 members (excludes halogenated alkanes) is 9. The van der Waals surface area contributed by atoms with E-state index < -0.39 is 0 Å². The zero-order valence-electron chi connectivity index (χ0n) is 15.5. The van der Waals surface area contributed by atoms with E-state index in [1.807, 2.05) is 4.90 Å². The van der Waals surface area contributed by atoms with Gasteiger partial charge in [0.1, 0.15) is 0 Å². The summed E-state index contributed by atoms with van der Waals surface area (Å²) < 4.78 is 0. The van der Waals surface area contributed by atoms with Crippen molar-refractivity contribution in [1.29, 1.82) is 0 Å². The summed E-state index contributed by atoms with van der Waals surface area (Å²) in [6.07, 6.45) is 20.5. The molecule has 0 amide bonds. The summed E-state index contributed by atoms with van der Waals surface area (Å²) in [5.74, 6) is 1.04. The first-order valence-corrected chi connectivity index (χ1v) is 10.2. The summed E-state index contributed by atoms with van der Waals surface area (Å²) in [5, 5.41) is 0. The lowest BCUT2D eigenvalue weighted by molar-refractivity contribution is -0.909. The lowest BCUT2D eigenvalue weighted by Crippen LogP contribution is -3.13. The molecule has 1 fully saturated rings. The van der Waals surface area contributed by atoms with Crippen molar-refractivity contribution in [3.8, 4) is 0 Å². The summed E-state index contributed by atoms with van der Waals surface area (Å²) >= 11 is 0. The van der Waals surface area contributed by atoms with Crippen LogP contribution in [0.3, 0.4) is 0 Å². The van der Waals surface area contributed by atoms with Crippen LogP contribution in [-0.2, 0) is 0 Å². The smallest absolute Gasteiger partial charge is 0.0799 e. The van der Waals surface area contributed by atoms with E-state index in [1.165, 1.54) is 110 Å². The minimum atomic E-state index is 0. The molecule has 1 aliphatic heterocycles. The van der Waals surface area contributed by atoms with E-state index in [0.29, 0.717) is 0 Å². The Morgan fingerprint density at radius 3 is 1.95 bits per heavy atom. The fraction of sp³-hybridized carbons (Fsp3) is 1.00. The molecule has 2 heteroatoms. The van der Waals surface area contributed by atoms with Crippen molar-refractivity contribution in [2.75, 3.05) is 19.6 Å². The van der Waals surface area contributed by atoms with Gasteiger partial charge in [0.25, 0.3) is 0 Å². The summed E-state index contributed by atoms with van der Waals surface area (Å²) in [6, 6.07) is 0. The highest BCUT2D eigenvalue weighted by Crippen LogP contribution is 2.14. The van der Waals surface area contributed by atoms with Gasteiger partial charge in [0.2, 0.25) is 0 Å². The molecule has 22 heavy (non-hydrogen) atoms. The Bertz CT molecular complexity index is 218. The number of halogens is 1. The Kier molecular flexibility index (Phi) is 15.7. The van der Waals surface area contributed by atoms with Crippen molar-refractivity contribution < 1.29 is 9.60 Å². The van der Waals surface area contributed by atoms with Crippen LogP contribution in [0.1, 0.15) is 104 Å². The van der Waals surface area contributed by atoms with Gasteiger partial charge in [-0.1, -0.05) is 71.6 Å². The van der Waals surface area contributed by atoms with Crippen molar-refractivity contribution in [2.24, 2.45) is 5.92 Å². The summed E-state index contributed by atoms with van der Waals surface area (Å²) in [5.41, 5.74) is 0. The molecule has 0 bridgehead atoms. The minimum absolute atomic E-state index is 0. The van der Waals surface area contributed by atoms with Crippen molar-refractivity contribution >= 4 is 0 Å². The van der Waals surface area contributed by atoms with Crippen LogP contribution in [0, 0.1) is 5.92 Å². The van der Waals surface area contributed by atoms with Gasteiger partial charge in [0.05, 0.1) is 19.6 Å². The lowest BCUT2D eigenvalue weighted by atomic mass is 9.93. The highest BCUT2D eigenvalue weighted by molar-refractivity contribution is 4.61. The van der Waals surface area contributed by atoms with Gasteiger partial charge in [-0.3, -0.25) is 0 Å². The monoisotopic (exact) mass is 315 g/mol. The van der Waals surface area contributed by atoms with Gasteiger partial charge in [-0.15, -0.1) is 0 Å². The van der Waals surface area contributed by atoms with Crippen LogP contribution < -0.4 is 9.60 Å². The number of piperidine rings is 1. The van der Waals surface area contributed by atoms with Crippen molar-refractivity contribution in [1.82, 2.24) is 0 Å². The maximum Gasteiger partial charge on any atom is 0.0799 e. The predicted octanol–water partition coefficient (Wildman–Crippen LogP) is 2.01. The molecule has 2 atom stereocenters. The average molecular weight is 316 g/mol. The standard InChI is InChI=1S/C20H41N.FH/c1-3-5-6-7-8-9-10-11-12-13-17-21-18-14-16-20(19-21)15-4-2;/h20H,3-19H2,1-2H3;1H. The van der Waals surface area contributed by atoms with Crippen LogP contribution in [0.15, 0.2) is 0 Å². The van der Waals surface area contributed by atoms with E-state index in [0.717, 1.165) is 5.92 Å². The number of rotatable bonds is 13. The second-order valence-corrected chi connectivity index (χ2v) is 7.43. The third-order valence-corrected chi connectivity index (χ3v) is 5.30. The molecule has 0 aromatic carbocycles. The normalized spacial score (nSPS) is 21.5. The first-order valence-electron chi connectivity index (χ1n) is 10.2. The SMILES string of the molecule is CCCCCCCCCCCC[NH+]1CCCC(CCC)C1.[F-]. The molecule has 1 N–H and O–H groups in total. The predicted molar refractivity (Wildman–Crippen MR) is 95.0 cm³/mol. The van der Waals surface area contributed by atoms with Crippen molar-refractivity contribution in [3.63, 3.8) is 0 Å². The van der Waals surface area contributed by atoms with Crippen LogP contribution in [-0.4, -0.2) is 19.6 Å². The maximum absolute atomic E-state index is 2.34. The second-order valence-electron chi connectivity index (χ2n) is 7.43. The summed E-state index contributed by atoms with van der Waals surface area (Å²) in [7, 11) is 0. The molecular formula is C20H42FN. The molecule has 0 radical (unpaired) electrons. The number of hydrogen-bond donors (Lipinski definition) is 1. The Hall–Kier alpha value is -0.110. The van der Waals surface area contributed by atoms with E-state index in [9.17, 15) is 0 Å². The van der Waals surface area contributed by atoms with Gasteiger partial charge < -0.3 is 9.60 Å². The molecule has 1 saturated heterocycles. The Morgan fingerprint density at radius 1 is 0.773 bits per heavy atom. The highest BCUT2D eigenvalue weighted by atomic mass is 19.0. The van der Waals surface area contributed by atoms with E-state index >= 15 is 0 Å². The average Bonchev–Trinajstić information content (AvgIpc) is 2.50. The van der Waals surface area contributed by atoms with Gasteiger partial charge in [0, 0.05) is 5.92 Å². The first kappa shape index (κ1) is 21.9. The Balaban J connectivity index is 0.00000441. The van der Waals surface area contributed by atoms with Gasteiger partial charge >= 0.3 is 0 Å². The second kappa shape index (κ2) is 15.8. The Morgan fingerprint density at radius 2 is 1.36 bits per heavy atom. The van der Waals surface area contributed by atoms with Gasteiger partial charge in [-0.05, 0) is 32.1 Å². The number of hydrogen-bond acceptors (Lipinski definition) is 0. The molecule has 2 unspecified atom stereocenters. The molecule has 0 aromatic heterocycles. The van der Waals surface area contributed by atoms with Crippen LogP contribution >= 0.6 is 0 Å². The zero-order chi connectivity index (χ0) is 15.2. The minimum Gasteiger partial charge on any atom is -1.00 e. The summed E-state index contributed by atoms with van der Waals surface area (Å²) in [4.78, 5) is 1.92. The lowest BCUT2D eigenvalue weighted by Gasteiger charge is -2.29. The Labute approximate surface area is 139 Å². The van der Waals surface area contributed by atoms with Crippen molar-refractivity contribution in [2.45, 2.75) is 104 Å². The number of likely N-dealkylation sites (tertiary alicyclic amines) is 1. The molecule has 0 spiro atoms. The maximum atomic E-state index is 2.34. The molecule has 134 valence electrons. The highest BCUT2D eigenvalue weighted by Gasteiger charge is 2.21. The quantitative estimate of drug-likeness (QED) is 0.496. The number of nitrogens with one attached hydrogen (secondary N) is 1. The van der Waals surface area contributed by atoms with Crippen LogP contribution in [0.4, 0.5) is 0 Å². The van der Waals surface area contributed by atoms with E-state index in [1.54, 1.807) is 0 Å². The van der Waals surface area contributed by atoms with Gasteiger partial charge in [-0.2, -0.15) is 0 Å². The fourth-order valence-electron chi connectivity index (χ4n) is 4.00. The third-order valence-electron chi connectivity index (χ3n) is 5.30. The molecule has 0 aromatic rings. The first-order chi connectivity index (χ1) is 10.4. The van der Waals surface area contributed by atoms with E-state index in [2.05, 4.69) is 13.8 Å². The molecule has 1 aliphatic rings. The number of quaternary nitrogens is 1. The topological polar surface area (TPSA) is 4.44 Å². The van der Waals surface area contributed by atoms with Gasteiger partial charge in [-0.25, -0.2) is 0 Å². The van der Waals surface area contributed by atoms with Crippen molar-refractivity contribution in [3.05, 3.63) is 0 Å². The fourth-order valence-corrected chi connectivity index (χ4v) is 4.00. The van der Waals surface area contributed by atoms with E-state index in [4.69, 9.17) is 0 Å². The largest absolute Gasteiger partial charge is 1.00 e. The van der Waals surface area contributed by atoms with Crippen LogP contribution in [0.5, 0.6) is 0 Å². The molecule has 1 heterocycles. The summed E-state index contributed by atoms with van der Waals surface area (Å²) in [6.45, 7) is 9.03. The zero-order valence-corrected chi connectivity index (χ0v) is 15.5. The molecule has 1 rings (SSSR count). The molecule has 1 nitrogen and oxygen atoms in total. The molecule has 0 saturated carbocycles. The van der Waals surface area contributed by atoms with Crippen LogP contribution in [0.2, 0.25) is 0 Å². The van der Waals surface area contributed by atoms with E-state index in [-0.39, 0.29) is 4.70 Å². The van der Waals surface area contributed by atoms with Gasteiger partial charge in [0.15, 0.2) is 0 Å². The molecular weight excluding hydrogens is 273 g/mol. The molecule has 0 aliphatic carbocycles.